The first-order valence-electron chi connectivity index (χ1n) is 21.3. The Labute approximate surface area is 353 Å². The second-order valence-electron chi connectivity index (χ2n) is 16.1. The summed E-state index contributed by atoms with van der Waals surface area (Å²) in [4.78, 5) is 14.9. The van der Waals surface area contributed by atoms with Crippen LogP contribution >= 0.6 is 0 Å². The van der Waals surface area contributed by atoms with Crippen LogP contribution in [0.5, 0.6) is 0 Å². The normalized spacial score (nSPS) is 16.6. The standard InChI is InChI=1S/C57H47N3/c1-4-6-15-37(5-2)56(58-3)60-57(59-36-46-20-13-18-44-32-40-16-8-10-22-49(40)54(44)46)39-28-26-38(27-29-39)48-25-14-19-45-33-42-30-31-43(35-53(42)55(45)48)52-34-41-17-7-9-21-47(41)50-23-11-12-24-51(50)52/h4-7,9-13,15,17-18,20-31,34-36H,2,8,14,16,19,32-33H2,1,3H3/b6-4-,37-15+,58-56?,59-36?,60-57?. The van der Waals surface area contributed by atoms with Crippen LogP contribution in [0, 0.1) is 0 Å². The molecule has 0 aliphatic heterocycles. The molecule has 0 N–H and O–H groups in total. The summed E-state index contributed by atoms with van der Waals surface area (Å²) in [5.74, 6) is 1.19. The largest absolute Gasteiger partial charge is 0.270 e. The van der Waals surface area contributed by atoms with E-state index in [4.69, 9.17) is 9.98 Å². The summed E-state index contributed by atoms with van der Waals surface area (Å²) in [6.45, 7) is 6.07. The topological polar surface area (TPSA) is 37.1 Å². The molecule has 0 atom stereocenters. The van der Waals surface area contributed by atoms with Crippen molar-refractivity contribution in [3.05, 3.63) is 220 Å². The zero-order valence-electron chi connectivity index (χ0n) is 34.4. The van der Waals surface area contributed by atoms with E-state index in [2.05, 4.69) is 145 Å². The predicted molar refractivity (Wildman–Crippen MR) is 257 cm³/mol. The van der Waals surface area contributed by atoms with Gasteiger partial charge in [0.25, 0.3) is 0 Å². The first-order valence-corrected chi connectivity index (χ1v) is 21.3. The van der Waals surface area contributed by atoms with Crippen LogP contribution in [-0.2, 0) is 12.8 Å². The Morgan fingerprint density at radius 1 is 0.717 bits per heavy atom. The molecule has 4 aliphatic rings. The third-order valence-electron chi connectivity index (χ3n) is 12.6. The molecule has 0 bridgehead atoms. The molecule has 0 fully saturated rings. The first kappa shape index (κ1) is 37.3. The maximum atomic E-state index is 5.16. The summed E-state index contributed by atoms with van der Waals surface area (Å²) in [5.41, 5.74) is 19.2. The van der Waals surface area contributed by atoms with E-state index in [0.29, 0.717) is 11.7 Å². The molecular weight excluding hydrogens is 727 g/mol. The number of hydrogen-bond donors (Lipinski definition) is 0. The van der Waals surface area contributed by atoms with Gasteiger partial charge in [0.1, 0.15) is 0 Å². The summed E-state index contributed by atoms with van der Waals surface area (Å²) in [6, 6.07) is 42.5. The van der Waals surface area contributed by atoms with Gasteiger partial charge in [0.05, 0.1) is 0 Å². The van der Waals surface area contributed by atoms with Crippen LogP contribution in [0.1, 0.15) is 71.6 Å². The molecule has 0 heterocycles. The Morgan fingerprint density at radius 2 is 1.50 bits per heavy atom. The maximum absolute atomic E-state index is 5.16. The second-order valence-corrected chi connectivity index (χ2v) is 16.1. The van der Waals surface area contributed by atoms with Crippen LogP contribution in [0.2, 0.25) is 0 Å². The highest BCUT2D eigenvalue weighted by Gasteiger charge is 2.28. The molecule has 6 aromatic rings. The van der Waals surface area contributed by atoms with E-state index in [1.165, 1.54) is 88.4 Å². The van der Waals surface area contributed by atoms with Crippen molar-refractivity contribution in [1.82, 2.24) is 0 Å². The lowest BCUT2D eigenvalue weighted by Crippen LogP contribution is -2.07. The quantitative estimate of drug-likeness (QED) is 0.0671. The van der Waals surface area contributed by atoms with Crippen LogP contribution in [0.3, 0.4) is 0 Å². The zero-order valence-corrected chi connectivity index (χ0v) is 34.4. The van der Waals surface area contributed by atoms with Crippen LogP contribution in [0.4, 0.5) is 0 Å². The van der Waals surface area contributed by atoms with E-state index in [1.54, 1.807) is 13.1 Å². The predicted octanol–water partition coefficient (Wildman–Crippen LogP) is 14.1. The van der Waals surface area contributed by atoms with E-state index in [-0.39, 0.29) is 0 Å². The van der Waals surface area contributed by atoms with E-state index in [9.17, 15) is 0 Å². The minimum atomic E-state index is 0.583. The Kier molecular flexibility index (Phi) is 9.95. The van der Waals surface area contributed by atoms with Crippen LogP contribution in [0.15, 0.2) is 196 Å². The highest BCUT2D eigenvalue weighted by atomic mass is 15.0. The molecule has 0 aromatic heterocycles. The van der Waals surface area contributed by atoms with Gasteiger partial charge in [0, 0.05) is 30.0 Å². The minimum Gasteiger partial charge on any atom is -0.270 e. The molecule has 0 unspecified atom stereocenters. The van der Waals surface area contributed by atoms with Gasteiger partial charge < -0.3 is 0 Å². The van der Waals surface area contributed by atoms with Crippen molar-refractivity contribution >= 4 is 56.2 Å². The van der Waals surface area contributed by atoms with Gasteiger partial charge >= 0.3 is 0 Å². The van der Waals surface area contributed by atoms with Crippen molar-refractivity contribution in [1.29, 1.82) is 0 Å². The van der Waals surface area contributed by atoms with Gasteiger partial charge in [-0.2, -0.15) is 0 Å². The molecule has 60 heavy (non-hydrogen) atoms. The molecule has 0 saturated carbocycles. The summed E-state index contributed by atoms with van der Waals surface area (Å²) >= 11 is 0. The van der Waals surface area contributed by atoms with Crippen molar-refractivity contribution in [2.45, 2.75) is 45.4 Å². The smallest absolute Gasteiger partial charge is 0.161 e. The van der Waals surface area contributed by atoms with Crippen LogP contribution < -0.4 is 0 Å². The Balaban J connectivity index is 1.02. The number of rotatable bonds is 7. The van der Waals surface area contributed by atoms with E-state index in [1.807, 2.05) is 31.4 Å². The molecule has 0 spiro atoms. The molecule has 3 heteroatoms. The number of allylic oxidation sites excluding steroid dienone is 11. The molecule has 0 amide bonds. The molecule has 4 aliphatic carbocycles. The minimum absolute atomic E-state index is 0.583. The van der Waals surface area contributed by atoms with Crippen molar-refractivity contribution in [2.75, 3.05) is 7.05 Å². The molecule has 0 radical (unpaired) electrons. The third kappa shape index (κ3) is 6.70. The van der Waals surface area contributed by atoms with Crippen molar-refractivity contribution < 1.29 is 0 Å². The Bertz CT molecular complexity index is 3040. The SMILES string of the molecule is C=C/C(=C\C=C/C)C(=NC)N=C(N=Cc1cccc2c1C1=C(CCC=C1)C2)c1ccc(C2=CCCC3=C2c2cc(-c4cc5ccccc5c5ccccc45)ccc2C3)cc1. The summed E-state index contributed by atoms with van der Waals surface area (Å²) in [7, 11) is 1.78. The van der Waals surface area contributed by atoms with Gasteiger partial charge in [-0.05, 0) is 135 Å². The van der Waals surface area contributed by atoms with Gasteiger partial charge in [0.2, 0.25) is 0 Å². The second kappa shape index (κ2) is 16.0. The maximum Gasteiger partial charge on any atom is 0.161 e. The number of nitrogens with zero attached hydrogens (tertiary/aromatic N) is 3. The number of aliphatic imine (C=N–C) groups is 3. The summed E-state index contributed by atoms with van der Waals surface area (Å²) in [6.07, 6.45) is 23.2. The molecule has 0 saturated heterocycles. The van der Waals surface area contributed by atoms with Gasteiger partial charge in [-0.1, -0.05) is 163 Å². The average Bonchev–Trinajstić information content (AvgIpc) is 3.88. The van der Waals surface area contributed by atoms with Crippen molar-refractivity contribution in [3.63, 3.8) is 0 Å². The van der Waals surface area contributed by atoms with E-state index < -0.39 is 0 Å². The fourth-order valence-electron chi connectivity index (χ4n) is 9.70. The van der Waals surface area contributed by atoms with Crippen molar-refractivity contribution in [3.8, 4) is 11.1 Å². The molecule has 10 rings (SSSR count). The van der Waals surface area contributed by atoms with Crippen LogP contribution in [0.25, 0.3) is 49.4 Å². The first-order chi connectivity index (χ1) is 29.6. The van der Waals surface area contributed by atoms with Crippen molar-refractivity contribution in [2.24, 2.45) is 15.0 Å². The van der Waals surface area contributed by atoms with Crippen LogP contribution in [-0.4, -0.2) is 24.9 Å². The van der Waals surface area contributed by atoms with Gasteiger partial charge in [0.15, 0.2) is 11.7 Å². The van der Waals surface area contributed by atoms with Gasteiger partial charge in [-0.3, -0.25) is 4.99 Å². The molecule has 290 valence electrons. The van der Waals surface area contributed by atoms with E-state index >= 15 is 0 Å². The monoisotopic (exact) mass is 773 g/mol. The lowest BCUT2D eigenvalue weighted by Gasteiger charge is -2.19. The Hall–Kier alpha value is -6.97. The lowest BCUT2D eigenvalue weighted by molar-refractivity contribution is 0.935. The number of amidine groups is 2. The molecule has 3 nitrogen and oxygen atoms in total. The lowest BCUT2D eigenvalue weighted by atomic mass is 9.85. The number of benzene rings is 6. The number of hydrogen-bond acceptors (Lipinski definition) is 1. The fraction of sp³-hybridized carbons (Fsp3) is 0.140. The highest BCUT2D eigenvalue weighted by molar-refractivity contribution is 6.17. The van der Waals surface area contributed by atoms with E-state index in [0.717, 1.165) is 55.2 Å². The molecular formula is C57H47N3. The zero-order chi connectivity index (χ0) is 40.6. The average molecular weight is 774 g/mol. The highest BCUT2D eigenvalue weighted by Crippen LogP contribution is 2.48. The molecule has 6 aromatic carbocycles. The van der Waals surface area contributed by atoms with Gasteiger partial charge in [-0.15, -0.1) is 0 Å². The van der Waals surface area contributed by atoms with Gasteiger partial charge in [-0.25, -0.2) is 9.98 Å². The fourth-order valence-corrected chi connectivity index (χ4v) is 9.70. The third-order valence-corrected chi connectivity index (χ3v) is 12.6. The Morgan fingerprint density at radius 3 is 2.33 bits per heavy atom. The number of fused-ring (bicyclic) bond motifs is 7. The summed E-state index contributed by atoms with van der Waals surface area (Å²) < 4.78 is 0. The summed E-state index contributed by atoms with van der Waals surface area (Å²) in [5, 5.41) is 5.15.